The third-order valence-corrected chi connectivity index (χ3v) is 3.61. The van der Waals surface area contributed by atoms with Crippen molar-refractivity contribution in [1.29, 1.82) is 0 Å². The van der Waals surface area contributed by atoms with Gasteiger partial charge in [-0.1, -0.05) is 32.9 Å². The van der Waals surface area contributed by atoms with Gasteiger partial charge in [-0.05, 0) is 42.5 Å². The fraction of sp³-hybridized carbons (Fsp3) is 0.625. The molecule has 1 aliphatic heterocycles. The molecule has 2 nitrogen and oxygen atoms in total. The van der Waals surface area contributed by atoms with E-state index in [0.29, 0.717) is 0 Å². The molecule has 1 N–H and O–H groups in total. The van der Waals surface area contributed by atoms with Gasteiger partial charge in [0.2, 0.25) is 0 Å². The molecule has 1 atom stereocenters. The summed E-state index contributed by atoms with van der Waals surface area (Å²) in [7, 11) is 0. The molecule has 0 spiro atoms. The largest absolute Gasteiger partial charge is 0.371 e. The quantitative estimate of drug-likeness (QED) is 0.857. The molecule has 1 aliphatic rings. The van der Waals surface area contributed by atoms with Crippen LogP contribution in [-0.4, -0.2) is 19.6 Å². The van der Waals surface area contributed by atoms with Crippen LogP contribution in [0.4, 0.5) is 5.69 Å². The van der Waals surface area contributed by atoms with Gasteiger partial charge in [0.15, 0.2) is 0 Å². The van der Waals surface area contributed by atoms with E-state index < -0.39 is 0 Å². The lowest BCUT2D eigenvalue weighted by Crippen LogP contribution is -2.20. The maximum Gasteiger partial charge on any atom is 0.0366 e. The summed E-state index contributed by atoms with van der Waals surface area (Å²) >= 11 is 0. The van der Waals surface area contributed by atoms with Gasteiger partial charge in [0.05, 0.1) is 0 Å². The molecule has 1 saturated heterocycles. The van der Waals surface area contributed by atoms with Crippen molar-refractivity contribution < 1.29 is 0 Å². The molecule has 0 saturated carbocycles. The molecule has 1 aromatic carbocycles. The molecular weight excluding hydrogens is 220 g/mol. The first kappa shape index (κ1) is 13.4. The fourth-order valence-electron chi connectivity index (χ4n) is 2.50. The number of hydrogen-bond acceptors (Lipinski definition) is 2. The Morgan fingerprint density at radius 3 is 2.56 bits per heavy atom. The molecule has 1 unspecified atom stereocenters. The first-order valence-corrected chi connectivity index (χ1v) is 7.19. The zero-order chi connectivity index (χ0) is 13.0. The van der Waals surface area contributed by atoms with E-state index in [-0.39, 0.29) is 0 Å². The van der Waals surface area contributed by atoms with Crippen molar-refractivity contribution in [3.8, 4) is 0 Å². The highest BCUT2D eigenvalue weighted by Crippen LogP contribution is 2.23. The molecule has 0 aromatic heterocycles. The van der Waals surface area contributed by atoms with Gasteiger partial charge in [-0.15, -0.1) is 0 Å². The Balaban J connectivity index is 1.85. The maximum atomic E-state index is 3.48. The van der Waals surface area contributed by atoms with Crippen molar-refractivity contribution in [2.45, 2.75) is 33.7 Å². The number of anilines is 1. The second kappa shape index (κ2) is 6.24. The Morgan fingerprint density at radius 2 is 2.00 bits per heavy atom. The Labute approximate surface area is 111 Å². The monoisotopic (exact) mass is 246 g/mol. The summed E-state index contributed by atoms with van der Waals surface area (Å²) in [6, 6.07) is 9.05. The second-order valence-corrected chi connectivity index (χ2v) is 6.03. The van der Waals surface area contributed by atoms with Crippen molar-refractivity contribution in [1.82, 2.24) is 5.32 Å². The molecule has 1 heterocycles. The molecule has 0 amide bonds. The number of rotatable bonds is 5. The molecule has 0 aliphatic carbocycles. The predicted molar refractivity (Wildman–Crippen MR) is 79.0 cm³/mol. The molecule has 1 aromatic rings. The van der Waals surface area contributed by atoms with Crippen LogP contribution in [0.25, 0.3) is 0 Å². The second-order valence-electron chi connectivity index (χ2n) is 6.03. The summed E-state index contributed by atoms with van der Waals surface area (Å²) in [5.41, 5.74) is 2.76. The van der Waals surface area contributed by atoms with E-state index in [1.54, 1.807) is 0 Å². The van der Waals surface area contributed by atoms with Gasteiger partial charge in [-0.25, -0.2) is 0 Å². The molecule has 2 rings (SSSR count). The third-order valence-electron chi connectivity index (χ3n) is 3.61. The van der Waals surface area contributed by atoms with E-state index in [2.05, 4.69) is 55.3 Å². The van der Waals surface area contributed by atoms with Gasteiger partial charge < -0.3 is 10.2 Å². The summed E-state index contributed by atoms with van der Waals surface area (Å²) in [5.74, 6) is 1.56. The highest BCUT2D eigenvalue weighted by atomic mass is 15.1. The lowest BCUT2D eigenvalue weighted by Gasteiger charge is -2.18. The van der Waals surface area contributed by atoms with Crippen LogP contribution in [0, 0.1) is 11.8 Å². The maximum absolute atomic E-state index is 3.48. The third kappa shape index (κ3) is 3.74. The van der Waals surface area contributed by atoms with Crippen LogP contribution in [-0.2, 0) is 6.54 Å². The predicted octanol–water partition coefficient (Wildman–Crippen LogP) is 3.28. The Morgan fingerprint density at radius 1 is 1.28 bits per heavy atom. The van der Waals surface area contributed by atoms with Gasteiger partial charge in [-0.3, -0.25) is 0 Å². The lowest BCUT2D eigenvalue weighted by atomic mass is 10.1. The highest BCUT2D eigenvalue weighted by Gasteiger charge is 2.18. The minimum atomic E-state index is 0.718. The smallest absolute Gasteiger partial charge is 0.0366 e. The molecule has 18 heavy (non-hydrogen) atoms. The van der Waals surface area contributed by atoms with Crippen molar-refractivity contribution in [2.75, 3.05) is 24.5 Å². The molecule has 100 valence electrons. The molecule has 0 radical (unpaired) electrons. The van der Waals surface area contributed by atoms with Crippen molar-refractivity contribution in [2.24, 2.45) is 11.8 Å². The van der Waals surface area contributed by atoms with Crippen molar-refractivity contribution in [3.63, 3.8) is 0 Å². The minimum absolute atomic E-state index is 0.718. The Kier molecular flexibility index (Phi) is 4.65. The highest BCUT2D eigenvalue weighted by molar-refractivity contribution is 5.48. The first-order chi connectivity index (χ1) is 8.65. The Bertz CT molecular complexity index is 356. The molecular formula is C16H26N2. The van der Waals surface area contributed by atoms with E-state index >= 15 is 0 Å². The van der Waals surface area contributed by atoms with Crippen molar-refractivity contribution >= 4 is 5.69 Å². The van der Waals surface area contributed by atoms with E-state index in [4.69, 9.17) is 0 Å². The molecule has 0 bridgehead atoms. The fourth-order valence-corrected chi connectivity index (χ4v) is 2.50. The summed E-state index contributed by atoms with van der Waals surface area (Å²) in [4.78, 5) is 2.50. The average molecular weight is 246 g/mol. The van der Waals surface area contributed by atoms with Gasteiger partial charge in [0.25, 0.3) is 0 Å². The summed E-state index contributed by atoms with van der Waals surface area (Å²) in [6.07, 6.45) is 1.33. The van der Waals surface area contributed by atoms with Crippen molar-refractivity contribution in [3.05, 3.63) is 29.8 Å². The van der Waals surface area contributed by atoms with Gasteiger partial charge in [-0.2, -0.15) is 0 Å². The zero-order valence-corrected chi connectivity index (χ0v) is 11.9. The zero-order valence-electron chi connectivity index (χ0n) is 11.9. The number of nitrogens with zero attached hydrogens (tertiary/aromatic N) is 1. The van der Waals surface area contributed by atoms with Crippen LogP contribution >= 0.6 is 0 Å². The van der Waals surface area contributed by atoms with Crippen LogP contribution in [0.2, 0.25) is 0 Å². The number of benzene rings is 1. The van der Waals surface area contributed by atoms with E-state index in [1.807, 2.05) is 0 Å². The normalized spacial score (nSPS) is 19.8. The van der Waals surface area contributed by atoms with Crippen LogP contribution in [0.15, 0.2) is 24.3 Å². The Hall–Kier alpha value is -1.02. The summed E-state index contributed by atoms with van der Waals surface area (Å²) in [5, 5.41) is 3.48. The van der Waals surface area contributed by atoms with Crippen LogP contribution in [0.3, 0.4) is 0 Å². The van der Waals surface area contributed by atoms with E-state index in [1.165, 1.54) is 30.8 Å². The van der Waals surface area contributed by atoms with Crippen LogP contribution in [0.1, 0.15) is 32.8 Å². The summed E-state index contributed by atoms with van der Waals surface area (Å²) in [6.45, 7) is 11.3. The number of hydrogen-bond donors (Lipinski definition) is 1. The summed E-state index contributed by atoms with van der Waals surface area (Å²) < 4.78 is 0. The first-order valence-electron chi connectivity index (χ1n) is 7.19. The number of nitrogens with one attached hydrogen (secondary N) is 1. The van der Waals surface area contributed by atoms with Crippen LogP contribution < -0.4 is 10.2 Å². The van der Waals surface area contributed by atoms with E-state index in [9.17, 15) is 0 Å². The average Bonchev–Trinajstić information content (AvgIpc) is 2.76. The minimum Gasteiger partial charge on any atom is -0.371 e. The van der Waals surface area contributed by atoms with E-state index in [0.717, 1.165) is 24.9 Å². The van der Waals surface area contributed by atoms with Gasteiger partial charge >= 0.3 is 0 Å². The van der Waals surface area contributed by atoms with Crippen LogP contribution in [0.5, 0.6) is 0 Å². The molecule has 2 heteroatoms. The SMILES string of the molecule is CC(C)CNCc1ccc(N2CCC(C)C2)cc1. The molecule has 1 fully saturated rings. The standard InChI is InChI=1S/C16H26N2/c1-13(2)10-17-11-15-4-6-16(7-5-15)18-9-8-14(3)12-18/h4-7,13-14,17H,8-12H2,1-3H3. The van der Waals surface area contributed by atoms with Gasteiger partial charge in [0, 0.05) is 25.3 Å². The lowest BCUT2D eigenvalue weighted by molar-refractivity contribution is 0.552. The topological polar surface area (TPSA) is 15.3 Å². The van der Waals surface area contributed by atoms with Gasteiger partial charge in [0.1, 0.15) is 0 Å².